The summed E-state index contributed by atoms with van der Waals surface area (Å²) in [6.07, 6.45) is 5.90. The van der Waals surface area contributed by atoms with Crippen LogP contribution in [-0.4, -0.2) is 29.5 Å². The number of nitrogens with two attached hydrogens (primary N) is 1. The van der Waals surface area contributed by atoms with E-state index >= 15 is 0 Å². The second-order valence-electron chi connectivity index (χ2n) is 3.98. The van der Waals surface area contributed by atoms with Gasteiger partial charge in [-0.05, 0) is 13.3 Å². The van der Waals surface area contributed by atoms with Crippen molar-refractivity contribution in [1.82, 2.24) is 19.3 Å². The first-order chi connectivity index (χ1) is 8.99. The van der Waals surface area contributed by atoms with Gasteiger partial charge in [0, 0.05) is 25.5 Å². The van der Waals surface area contributed by atoms with Gasteiger partial charge in [0.15, 0.2) is 9.34 Å². The molecular weight excluding hydrogens is 286 g/mol. The number of sulfonamides is 1. The second kappa shape index (κ2) is 5.68. The summed E-state index contributed by atoms with van der Waals surface area (Å²) in [7, 11) is -3.51. The highest BCUT2D eigenvalue weighted by Crippen LogP contribution is 2.24. The maximum absolute atomic E-state index is 12.0. The number of imidazole rings is 1. The van der Waals surface area contributed by atoms with Gasteiger partial charge >= 0.3 is 0 Å². The predicted molar refractivity (Wildman–Crippen MR) is 73.3 cm³/mol. The lowest BCUT2D eigenvalue weighted by atomic mass is 10.4. The number of hydrogen-bond acceptors (Lipinski definition) is 6. The molecule has 2 aromatic heterocycles. The molecule has 2 rings (SSSR count). The molecule has 0 aromatic carbocycles. The zero-order valence-electron chi connectivity index (χ0n) is 10.4. The summed E-state index contributed by atoms with van der Waals surface area (Å²) in [6.45, 7) is 2.71. The fourth-order valence-electron chi connectivity index (χ4n) is 1.60. The molecule has 0 fully saturated rings. The number of nitrogen functional groups attached to an aromatic ring is 1. The predicted octanol–water partition coefficient (Wildman–Crippen LogP) is 0.599. The summed E-state index contributed by atoms with van der Waals surface area (Å²) >= 11 is 0.978. The van der Waals surface area contributed by atoms with Crippen molar-refractivity contribution in [3.05, 3.63) is 24.4 Å². The SMILES string of the molecule is Cc1nc(N)sc1S(=O)(=O)NCCCn1ccnc1. The third-order valence-corrected chi connectivity index (χ3v) is 5.52. The minimum atomic E-state index is -3.51. The van der Waals surface area contributed by atoms with Gasteiger partial charge in [-0.25, -0.2) is 23.1 Å². The lowest BCUT2D eigenvalue weighted by Gasteiger charge is -2.05. The Balaban J connectivity index is 1.89. The lowest BCUT2D eigenvalue weighted by molar-refractivity contribution is 0.571. The third kappa shape index (κ3) is 3.52. The Labute approximate surface area is 115 Å². The van der Waals surface area contributed by atoms with Crippen molar-refractivity contribution in [2.24, 2.45) is 0 Å². The molecule has 2 heterocycles. The van der Waals surface area contributed by atoms with Crippen molar-refractivity contribution >= 4 is 26.5 Å². The number of anilines is 1. The molecule has 0 aliphatic heterocycles. The molecule has 0 spiro atoms. The van der Waals surface area contributed by atoms with E-state index in [4.69, 9.17) is 5.73 Å². The normalized spacial score (nSPS) is 11.8. The van der Waals surface area contributed by atoms with Gasteiger partial charge in [-0.15, -0.1) is 0 Å². The number of aryl methyl sites for hydroxylation is 2. The van der Waals surface area contributed by atoms with Crippen molar-refractivity contribution in [3.8, 4) is 0 Å². The van der Waals surface area contributed by atoms with Gasteiger partial charge in [0.1, 0.15) is 0 Å². The molecule has 7 nitrogen and oxygen atoms in total. The number of aromatic nitrogens is 3. The molecule has 104 valence electrons. The topological polar surface area (TPSA) is 103 Å². The van der Waals surface area contributed by atoms with E-state index in [1.165, 1.54) is 0 Å². The van der Waals surface area contributed by atoms with E-state index < -0.39 is 10.0 Å². The van der Waals surface area contributed by atoms with Gasteiger partial charge in [0.05, 0.1) is 12.0 Å². The van der Waals surface area contributed by atoms with E-state index in [2.05, 4.69) is 14.7 Å². The summed E-state index contributed by atoms with van der Waals surface area (Å²) < 4.78 is 28.7. The average Bonchev–Trinajstić information content (AvgIpc) is 2.94. The number of thiazole rings is 1. The zero-order valence-corrected chi connectivity index (χ0v) is 12.0. The first kappa shape index (κ1) is 14.0. The Morgan fingerprint density at radius 3 is 2.89 bits per heavy atom. The first-order valence-corrected chi connectivity index (χ1v) is 7.97. The minimum Gasteiger partial charge on any atom is -0.375 e. The molecule has 19 heavy (non-hydrogen) atoms. The molecule has 0 saturated heterocycles. The Morgan fingerprint density at radius 1 is 1.53 bits per heavy atom. The summed E-state index contributed by atoms with van der Waals surface area (Å²) in [5, 5.41) is 0.260. The Hall–Kier alpha value is -1.45. The smallest absolute Gasteiger partial charge is 0.252 e. The molecular formula is C10H15N5O2S2. The highest BCUT2D eigenvalue weighted by molar-refractivity contribution is 7.91. The van der Waals surface area contributed by atoms with E-state index in [-0.39, 0.29) is 9.34 Å². The van der Waals surface area contributed by atoms with E-state index in [0.717, 1.165) is 11.3 Å². The second-order valence-corrected chi connectivity index (χ2v) is 6.97. The molecule has 0 saturated carbocycles. The Kier molecular flexibility index (Phi) is 4.17. The number of nitrogens with zero attached hydrogens (tertiary/aromatic N) is 3. The molecule has 0 unspecified atom stereocenters. The van der Waals surface area contributed by atoms with Crippen LogP contribution in [0.15, 0.2) is 22.9 Å². The average molecular weight is 301 g/mol. The molecule has 0 amide bonds. The molecule has 9 heteroatoms. The quantitative estimate of drug-likeness (QED) is 0.760. The van der Waals surface area contributed by atoms with Crippen LogP contribution in [0.2, 0.25) is 0 Å². The van der Waals surface area contributed by atoms with Crippen molar-refractivity contribution in [3.63, 3.8) is 0 Å². The molecule has 0 atom stereocenters. The first-order valence-electron chi connectivity index (χ1n) is 5.67. The Morgan fingerprint density at radius 2 is 2.32 bits per heavy atom. The van der Waals surface area contributed by atoms with Crippen molar-refractivity contribution < 1.29 is 8.42 Å². The molecule has 0 aliphatic carbocycles. The lowest BCUT2D eigenvalue weighted by Crippen LogP contribution is -2.25. The van der Waals surface area contributed by atoms with E-state index in [0.29, 0.717) is 25.2 Å². The highest BCUT2D eigenvalue weighted by Gasteiger charge is 2.20. The largest absolute Gasteiger partial charge is 0.375 e. The number of nitrogens with one attached hydrogen (secondary N) is 1. The number of hydrogen-bond donors (Lipinski definition) is 2. The third-order valence-electron chi connectivity index (χ3n) is 2.46. The van der Waals surface area contributed by atoms with Crippen LogP contribution in [-0.2, 0) is 16.6 Å². The summed E-state index contributed by atoms with van der Waals surface area (Å²) in [5.41, 5.74) is 5.93. The maximum atomic E-state index is 12.0. The molecule has 2 aromatic rings. The number of rotatable bonds is 6. The van der Waals surface area contributed by atoms with Crippen LogP contribution in [0.1, 0.15) is 12.1 Å². The van der Waals surface area contributed by atoms with Gasteiger partial charge in [-0.2, -0.15) is 0 Å². The maximum Gasteiger partial charge on any atom is 0.252 e. The van der Waals surface area contributed by atoms with Crippen LogP contribution in [0, 0.1) is 6.92 Å². The molecule has 0 radical (unpaired) electrons. The van der Waals surface area contributed by atoms with E-state index in [1.54, 1.807) is 19.4 Å². The fraction of sp³-hybridized carbons (Fsp3) is 0.400. The summed E-state index contributed by atoms with van der Waals surface area (Å²) in [4.78, 5) is 7.83. The van der Waals surface area contributed by atoms with Crippen LogP contribution < -0.4 is 10.5 Å². The Bertz CT molecular complexity index is 633. The van der Waals surface area contributed by atoms with Crippen LogP contribution in [0.4, 0.5) is 5.13 Å². The zero-order chi connectivity index (χ0) is 13.9. The van der Waals surface area contributed by atoms with E-state index in [9.17, 15) is 8.42 Å². The van der Waals surface area contributed by atoms with Gasteiger partial charge in [0.2, 0.25) is 0 Å². The van der Waals surface area contributed by atoms with Gasteiger partial charge in [-0.1, -0.05) is 11.3 Å². The fourth-order valence-corrected chi connectivity index (χ4v) is 4.02. The van der Waals surface area contributed by atoms with Crippen LogP contribution >= 0.6 is 11.3 Å². The van der Waals surface area contributed by atoms with Crippen molar-refractivity contribution in [1.29, 1.82) is 0 Å². The van der Waals surface area contributed by atoms with Crippen molar-refractivity contribution in [2.45, 2.75) is 24.1 Å². The van der Waals surface area contributed by atoms with Gasteiger partial charge in [0.25, 0.3) is 10.0 Å². The molecule has 3 N–H and O–H groups in total. The molecule has 0 aliphatic rings. The van der Waals surface area contributed by atoms with E-state index in [1.807, 2.05) is 10.8 Å². The minimum absolute atomic E-state index is 0.188. The van der Waals surface area contributed by atoms with Crippen molar-refractivity contribution in [2.75, 3.05) is 12.3 Å². The molecule has 0 bridgehead atoms. The van der Waals surface area contributed by atoms with Crippen LogP contribution in [0.25, 0.3) is 0 Å². The monoisotopic (exact) mass is 301 g/mol. The van der Waals surface area contributed by atoms with Gasteiger partial charge in [-0.3, -0.25) is 0 Å². The van der Waals surface area contributed by atoms with Crippen LogP contribution in [0.3, 0.4) is 0 Å². The highest BCUT2D eigenvalue weighted by atomic mass is 32.2. The van der Waals surface area contributed by atoms with Gasteiger partial charge < -0.3 is 10.3 Å². The summed E-state index contributed by atoms with van der Waals surface area (Å²) in [5.74, 6) is 0. The summed E-state index contributed by atoms with van der Waals surface area (Å²) in [6, 6.07) is 0. The van der Waals surface area contributed by atoms with Crippen LogP contribution in [0.5, 0.6) is 0 Å². The standard InChI is InChI=1S/C10H15N5O2S2/c1-8-9(18-10(11)14-8)19(16,17)13-3-2-5-15-6-4-12-7-15/h4,6-7,13H,2-3,5H2,1H3,(H2,11,14).